The summed E-state index contributed by atoms with van der Waals surface area (Å²) >= 11 is 0. The maximum Gasteiger partial charge on any atom is 0.573 e. The molecular weight excluding hydrogens is 363 g/mol. The van der Waals surface area contributed by atoms with Crippen LogP contribution in [0.15, 0.2) is 42.5 Å². The Morgan fingerprint density at radius 3 is 2.30 bits per heavy atom. The maximum absolute atomic E-state index is 12.1. The van der Waals surface area contributed by atoms with E-state index in [1.165, 1.54) is 31.4 Å². The number of halogens is 3. The molecule has 1 amide bonds. The van der Waals surface area contributed by atoms with Crippen molar-refractivity contribution in [3.05, 3.63) is 53.6 Å². The third kappa shape index (κ3) is 6.73. The molecule has 0 unspecified atom stereocenters. The topological polar surface area (TPSA) is 56.8 Å². The van der Waals surface area contributed by atoms with Crippen molar-refractivity contribution >= 4 is 5.91 Å². The van der Waals surface area contributed by atoms with Gasteiger partial charge in [0.15, 0.2) is 11.5 Å². The molecule has 0 radical (unpaired) electrons. The minimum atomic E-state index is -4.74. The first-order chi connectivity index (χ1) is 12.8. The van der Waals surface area contributed by atoms with Gasteiger partial charge in [-0.2, -0.15) is 0 Å². The van der Waals surface area contributed by atoms with E-state index in [9.17, 15) is 18.0 Å². The lowest BCUT2D eigenvalue weighted by Gasteiger charge is -2.12. The Balaban J connectivity index is 1.89. The summed E-state index contributed by atoms with van der Waals surface area (Å²) in [5, 5.41) is 2.76. The van der Waals surface area contributed by atoms with Gasteiger partial charge in [-0.1, -0.05) is 18.2 Å². The van der Waals surface area contributed by atoms with Gasteiger partial charge in [0.1, 0.15) is 5.75 Å². The molecule has 2 rings (SSSR count). The standard InChI is InChI=1S/C19H20F3NO4/c1-3-26-16-9-6-14(10-17(16)25-2)12-23-18(24)11-13-4-7-15(8-5-13)27-19(20,21)22/h4-10H,3,11-12H2,1-2H3,(H,23,24). The summed E-state index contributed by atoms with van der Waals surface area (Å²) in [6, 6.07) is 10.5. The number of hydrogen-bond donors (Lipinski definition) is 1. The third-order valence-electron chi connectivity index (χ3n) is 3.54. The van der Waals surface area contributed by atoms with Crippen LogP contribution < -0.4 is 19.5 Å². The first-order valence-electron chi connectivity index (χ1n) is 8.22. The van der Waals surface area contributed by atoms with Gasteiger partial charge in [0.25, 0.3) is 0 Å². The zero-order valence-corrected chi connectivity index (χ0v) is 14.9. The predicted octanol–water partition coefficient (Wildman–Crippen LogP) is 3.85. The SMILES string of the molecule is CCOc1ccc(CNC(=O)Cc2ccc(OC(F)(F)F)cc2)cc1OC. The van der Waals surface area contributed by atoms with Crippen LogP contribution in [0.3, 0.4) is 0 Å². The Kier molecular flexibility index (Phi) is 6.92. The lowest BCUT2D eigenvalue weighted by Crippen LogP contribution is -2.24. The van der Waals surface area contributed by atoms with Crippen LogP contribution in [-0.2, 0) is 17.8 Å². The Morgan fingerprint density at radius 2 is 1.70 bits per heavy atom. The van der Waals surface area contributed by atoms with Crippen LogP contribution in [0.1, 0.15) is 18.1 Å². The van der Waals surface area contributed by atoms with E-state index in [1.54, 1.807) is 12.1 Å². The molecule has 0 fully saturated rings. The average Bonchev–Trinajstić information content (AvgIpc) is 2.61. The minimum absolute atomic E-state index is 0.0421. The Bertz CT molecular complexity index is 761. The molecule has 0 aliphatic heterocycles. The van der Waals surface area contributed by atoms with Crippen molar-refractivity contribution in [3.63, 3.8) is 0 Å². The number of carbonyl (C=O) groups excluding carboxylic acids is 1. The quantitative estimate of drug-likeness (QED) is 0.752. The molecule has 0 heterocycles. The number of rotatable bonds is 8. The van der Waals surface area contributed by atoms with E-state index < -0.39 is 6.36 Å². The average molecular weight is 383 g/mol. The first-order valence-corrected chi connectivity index (χ1v) is 8.22. The summed E-state index contributed by atoms with van der Waals surface area (Å²) in [4.78, 5) is 12.0. The highest BCUT2D eigenvalue weighted by Crippen LogP contribution is 2.28. The molecule has 8 heteroatoms. The van der Waals surface area contributed by atoms with E-state index in [1.807, 2.05) is 13.0 Å². The van der Waals surface area contributed by atoms with Crippen LogP contribution in [-0.4, -0.2) is 26.0 Å². The number of ether oxygens (including phenoxy) is 3. The van der Waals surface area contributed by atoms with E-state index in [-0.39, 0.29) is 24.6 Å². The zero-order valence-electron chi connectivity index (χ0n) is 14.9. The van der Waals surface area contributed by atoms with Gasteiger partial charge in [-0.15, -0.1) is 13.2 Å². The van der Waals surface area contributed by atoms with Crippen LogP contribution in [0.25, 0.3) is 0 Å². The fourth-order valence-corrected chi connectivity index (χ4v) is 2.35. The van der Waals surface area contributed by atoms with Gasteiger partial charge in [0.05, 0.1) is 20.1 Å². The molecule has 0 saturated heterocycles. The van der Waals surface area contributed by atoms with Gasteiger partial charge >= 0.3 is 6.36 Å². The highest BCUT2D eigenvalue weighted by Gasteiger charge is 2.30. The van der Waals surface area contributed by atoms with Gasteiger partial charge < -0.3 is 19.5 Å². The summed E-state index contributed by atoms with van der Waals surface area (Å²) in [6.45, 7) is 2.67. The first kappa shape index (κ1) is 20.4. The van der Waals surface area contributed by atoms with Gasteiger partial charge in [-0.25, -0.2) is 0 Å². The molecule has 0 aliphatic rings. The normalized spacial score (nSPS) is 11.0. The molecule has 0 aliphatic carbocycles. The van der Waals surface area contributed by atoms with Crippen LogP contribution in [0.5, 0.6) is 17.2 Å². The molecule has 2 aromatic rings. The van der Waals surface area contributed by atoms with Crippen LogP contribution in [0.4, 0.5) is 13.2 Å². The van der Waals surface area contributed by atoms with Crippen molar-refractivity contribution in [2.24, 2.45) is 0 Å². The number of hydrogen-bond acceptors (Lipinski definition) is 4. The fourth-order valence-electron chi connectivity index (χ4n) is 2.35. The second-order valence-electron chi connectivity index (χ2n) is 5.56. The third-order valence-corrected chi connectivity index (χ3v) is 3.54. The number of carbonyl (C=O) groups is 1. The van der Waals surface area contributed by atoms with Crippen molar-refractivity contribution in [1.82, 2.24) is 5.32 Å². The smallest absolute Gasteiger partial charge is 0.493 e. The molecule has 0 spiro atoms. The maximum atomic E-state index is 12.1. The number of methoxy groups -OCH3 is 1. The second-order valence-corrected chi connectivity index (χ2v) is 5.56. The Morgan fingerprint density at radius 1 is 1.04 bits per heavy atom. The Hall–Kier alpha value is -2.90. The number of alkyl halides is 3. The molecule has 27 heavy (non-hydrogen) atoms. The van der Waals surface area contributed by atoms with Gasteiger partial charge in [-0.05, 0) is 42.3 Å². The summed E-state index contributed by atoms with van der Waals surface area (Å²) in [6.07, 6.45) is -4.70. The van der Waals surface area contributed by atoms with Crippen molar-refractivity contribution in [2.75, 3.05) is 13.7 Å². The van der Waals surface area contributed by atoms with Crippen LogP contribution in [0.2, 0.25) is 0 Å². The van der Waals surface area contributed by atoms with Crippen LogP contribution >= 0.6 is 0 Å². The van der Waals surface area contributed by atoms with E-state index in [0.717, 1.165) is 5.56 Å². The molecule has 5 nitrogen and oxygen atoms in total. The largest absolute Gasteiger partial charge is 0.573 e. The molecular formula is C19H20F3NO4. The summed E-state index contributed by atoms with van der Waals surface area (Å²) in [5.41, 5.74) is 1.41. The highest BCUT2D eigenvalue weighted by atomic mass is 19.4. The summed E-state index contributed by atoms with van der Waals surface area (Å²) in [5.74, 6) is 0.612. The molecule has 0 atom stereocenters. The van der Waals surface area contributed by atoms with E-state index in [2.05, 4.69) is 10.1 Å². The summed E-state index contributed by atoms with van der Waals surface area (Å²) < 4.78 is 50.9. The predicted molar refractivity (Wildman–Crippen MR) is 92.8 cm³/mol. The van der Waals surface area contributed by atoms with Gasteiger partial charge in [0, 0.05) is 6.54 Å². The molecule has 1 N–H and O–H groups in total. The lowest BCUT2D eigenvalue weighted by atomic mass is 10.1. The number of benzene rings is 2. The van der Waals surface area contributed by atoms with Crippen molar-refractivity contribution < 1.29 is 32.2 Å². The van der Waals surface area contributed by atoms with E-state index in [0.29, 0.717) is 23.7 Å². The van der Waals surface area contributed by atoms with E-state index >= 15 is 0 Å². The molecule has 0 bridgehead atoms. The molecule has 0 saturated carbocycles. The van der Waals surface area contributed by atoms with Gasteiger partial charge in [0.2, 0.25) is 5.91 Å². The lowest BCUT2D eigenvalue weighted by molar-refractivity contribution is -0.274. The number of amides is 1. The van der Waals surface area contributed by atoms with Crippen molar-refractivity contribution in [1.29, 1.82) is 0 Å². The second kappa shape index (κ2) is 9.16. The minimum Gasteiger partial charge on any atom is -0.493 e. The van der Waals surface area contributed by atoms with Crippen molar-refractivity contribution in [3.8, 4) is 17.2 Å². The molecule has 2 aromatic carbocycles. The number of nitrogens with one attached hydrogen (secondary N) is 1. The van der Waals surface area contributed by atoms with Crippen molar-refractivity contribution in [2.45, 2.75) is 26.3 Å². The molecule has 0 aromatic heterocycles. The van der Waals surface area contributed by atoms with Crippen LogP contribution in [0, 0.1) is 0 Å². The van der Waals surface area contributed by atoms with Gasteiger partial charge in [-0.3, -0.25) is 4.79 Å². The Labute approximate surface area is 155 Å². The fraction of sp³-hybridized carbons (Fsp3) is 0.316. The monoisotopic (exact) mass is 383 g/mol. The summed E-state index contributed by atoms with van der Waals surface area (Å²) in [7, 11) is 1.53. The highest BCUT2D eigenvalue weighted by molar-refractivity contribution is 5.78. The van der Waals surface area contributed by atoms with E-state index in [4.69, 9.17) is 9.47 Å². The zero-order chi connectivity index (χ0) is 19.9. The molecule has 146 valence electrons.